The van der Waals surface area contributed by atoms with Crippen LogP contribution < -0.4 is 15.9 Å². The Balaban J connectivity index is 1.37. The second-order valence-electron chi connectivity index (χ2n) is 7.70. The van der Waals surface area contributed by atoms with Gasteiger partial charge in [0.05, 0.1) is 10.9 Å². The molecule has 2 heterocycles. The maximum atomic E-state index is 12.3. The molecule has 7 heteroatoms. The third-order valence-corrected chi connectivity index (χ3v) is 6.21. The van der Waals surface area contributed by atoms with Crippen molar-refractivity contribution < 1.29 is 9.15 Å². The largest absolute Gasteiger partial charge is 0.489 e. The maximum absolute atomic E-state index is 12.3. The Labute approximate surface area is 193 Å². The summed E-state index contributed by atoms with van der Waals surface area (Å²) in [4.78, 5) is 31.8. The van der Waals surface area contributed by atoms with Crippen molar-refractivity contribution in [1.82, 2.24) is 9.97 Å². The van der Waals surface area contributed by atoms with Crippen LogP contribution in [0.3, 0.4) is 0 Å². The number of aromatic nitrogens is 2. The lowest BCUT2D eigenvalue weighted by Gasteiger charge is -2.09. The molecule has 33 heavy (non-hydrogen) atoms. The van der Waals surface area contributed by atoms with Gasteiger partial charge in [-0.25, -0.2) is 9.78 Å². The van der Waals surface area contributed by atoms with Gasteiger partial charge in [-0.3, -0.25) is 4.79 Å². The number of nitrogens with one attached hydrogen (secondary N) is 1. The van der Waals surface area contributed by atoms with Crippen molar-refractivity contribution in [3.05, 3.63) is 110 Å². The number of fused-ring (bicyclic) bond motifs is 2. The van der Waals surface area contributed by atoms with Gasteiger partial charge in [-0.05, 0) is 42.3 Å². The second-order valence-corrected chi connectivity index (χ2v) is 8.66. The Kier molecular flexibility index (Phi) is 5.71. The highest BCUT2D eigenvalue weighted by Gasteiger charge is 2.10. The Morgan fingerprint density at radius 1 is 0.970 bits per heavy atom. The van der Waals surface area contributed by atoms with E-state index in [9.17, 15) is 9.59 Å². The van der Waals surface area contributed by atoms with E-state index < -0.39 is 5.63 Å². The summed E-state index contributed by atoms with van der Waals surface area (Å²) >= 11 is 1.36. The minimum Gasteiger partial charge on any atom is -0.489 e. The van der Waals surface area contributed by atoms with Crippen LogP contribution >= 0.6 is 11.8 Å². The van der Waals surface area contributed by atoms with E-state index in [1.807, 2.05) is 49.4 Å². The highest BCUT2D eigenvalue weighted by atomic mass is 32.2. The molecule has 0 amide bonds. The molecule has 2 aromatic heterocycles. The Morgan fingerprint density at radius 2 is 1.79 bits per heavy atom. The molecule has 0 unspecified atom stereocenters. The molecule has 1 N–H and O–H groups in total. The third kappa shape index (κ3) is 4.68. The number of hydrogen-bond donors (Lipinski definition) is 1. The molecule has 0 atom stereocenters. The normalized spacial score (nSPS) is 11.2. The second kappa shape index (κ2) is 8.96. The Bertz CT molecular complexity index is 1570. The molecule has 0 saturated carbocycles. The zero-order valence-electron chi connectivity index (χ0n) is 17.8. The van der Waals surface area contributed by atoms with Crippen molar-refractivity contribution in [1.29, 1.82) is 0 Å². The summed E-state index contributed by atoms with van der Waals surface area (Å²) < 4.78 is 11.3. The fourth-order valence-electron chi connectivity index (χ4n) is 3.55. The molecule has 5 aromatic rings. The van der Waals surface area contributed by atoms with Crippen LogP contribution in [-0.4, -0.2) is 9.97 Å². The van der Waals surface area contributed by atoms with Crippen molar-refractivity contribution in [2.75, 3.05) is 0 Å². The van der Waals surface area contributed by atoms with Crippen LogP contribution in [0.4, 0.5) is 0 Å². The fourth-order valence-corrected chi connectivity index (χ4v) is 4.41. The number of benzene rings is 3. The van der Waals surface area contributed by atoms with Gasteiger partial charge in [-0.1, -0.05) is 53.7 Å². The maximum Gasteiger partial charge on any atom is 0.336 e. The number of thioether (sulfide) groups is 1. The molecule has 0 bridgehead atoms. The first-order valence-electron chi connectivity index (χ1n) is 10.4. The number of aromatic amines is 1. The molecule has 5 rings (SSSR count). The number of hydrogen-bond acceptors (Lipinski definition) is 6. The molecular formula is C26H20N2O4S. The first-order valence-corrected chi connectivity index (χ1v) is 11.4. The predicted octanol–water partition coefficient (Wildman–Crippen LogP) is 5.21. The zero-order chi connectivity index (χ0) is 22.8. The summed E-state index contributed by atoms with van der Waals surface area (Å²) in [6.45, 7) is 2.46. The van der Waals surface area contributed by atoms with Crippen LogP contribution in [0.25, 0.3) is 21.9 Å². The molecule has 0 radical (unpaired) electrons. The number of H-pyrrole nitrogens is 1. The highest BCUT2D eigenvalue weighted by Crippen LogP contribution is 2.27. The fraction of sp³-hybridized carbons (Fsp3) is 0.115. The quantitative estimate of drug-likeness (QED) is 0.215. The van der Waals surface area contributed by atoms with Gasteiger partial charge in [0.25, 0.3) is 5.56 Å². The van der Waals surface area contributed by atoms with E-state index >= 15 is 0 Å². The molecule has 164 valence electrons. The van der Waals surface area contributed by atoms with Gasteiger partial charge in [-0.15, -0.1) is 0 Å². The van der Waals surface area contributed by atoms with Crippen molar-refractivity contribution in [3.8, 4) is 5.75 Å². The molecule has 0 aliphatic carbocycles. The van der Waals surface area contributed by atoms with E-state index in [1.54, 1.807) is 24.3 Å². The first-order chi connectivity index (χ1) is 16.0. The van der Waals surface area contributed by atoms with Crippen molar-refractivity contribution in [2.45, 2.75) is 24.4 Å². The monoisotopic (exact) mass is 456 g/mol. The van der Waals surface area contributed by atoms with E-state index in [2.05, 4.69) is 9.97 Å². The molecule has 0 fully saturated rings. The van der Waals surface area contributed by atoms with Crippen molar-refractivity contribution in [2.24, 2.45) is 0 Å². The summed E-state index contributed by atoms with van der Waals surface area (Å²) in [6.07, 6.45) is 0. The number of para-hydroxylation sites is 1. The van der Waals surface area contributed by atoms with Crippen LogP contribution in [0.2, 0.25) is 0 Å². The van der Waals surface area contributed by atoms with Gasteiger partial charge in [0.1, 0.15) is 17.9 Å². The lowest BCUT2D eigenvalue weighted by Crippen LogP contribution is -2.09. The molecule has 6 nitrogen and oxygen atoms in total. The van der Waals surface area contributed by atoms with Crippen LogP contribution in [0.1, 0.15) is 16.7 Å². The molecule has 0 spiro atoms. The molecule has 0 saturated heterocycles. The van der Waals surface area contributed by atoms with Crippen LogP contribution in [-0.2, 0) is 12.4 Å². The lowest BCUT2D eigenvalue weighted by molar-refractivity contribution is 0.306. The van der Waals surface area contributed by atoms with Crippen LogP contribution in [0, 0.1) is 6.92 Å². The number of rotatable bonds is 6. The lowest BCUT2D eigenvalue weighted by atomic mass is 10.1. The van der Waals surface area contributed by atoms with Gasteiger partial charge >= 0.3 is 5.63 Å². The summed E-state index contributed by atoms with van der Waals surface area (Å²) in [5, 5.41) is 1.86. The third-order valence-electron chi connectivity index (χ3n) is 5.28. The molecule has 0 aliphatic heterocycles. The highest BCUT2D eigenvalue weighted by molar-refractivity contribution is 7.98. The molecule has 3 aromatic carbocycles. The average Bonchev–Trinajstić information content (AvgIpc) is 2.82. The predicted molar refractivity (Wildman–Crippen MR) is 130 cm³/mol. The topological polar surface area (TPSA) is 85.2 Å². The number of ether oxygens (including phenoxy) is 1. The standard InChI is InChI=1S/C26H20N2O4S/c1-16-6-8-17(9-7-16)14-31-19-10-11-20-18(12-24(29)32-23(20)13-19)15-33-26-27-22-5-3-2-4-21(22)25(30)28-26/h2-13H,14-15H2,1H3,(H,27,28,30). The van der Waals surface area contributed by atoms with Crippen molar-refractivity contribution >= 4 is 33.6 Å². The first kappa shape index (κ1) is 21.0. The van der Waals surface area contributed by atoms with Gasteiger partial charge in [0.15, 0.2) is 5.16 Å². The van der Waals surface area contributed by atoms with E-state index in [1.165, 1.54) is 23.4 Å². The van der Waals surface area contributed by atoms with E-state index in [4.69, 9.17) is 9.15 Å². The zero-order valence-corrected chi connectivity index (χ0v) is 18.6. The summed E-state index contributed by atoms with van der Waals surface area (Å²) in [5.74, 6) is 1.07. The molecule has 0 aliphatic rings. The van der Waals surface area contributed by atoms with Gasteiger partial charge < -0.3 is 14.1 Å². The number of nitrogens with zero attached hydrogens (tertiary/aromatic N) is 1. The van der Waals surface area contributed by atoms with Gasteiger partial charge in [-0.2, -0.15) is 0 Å². The van der Waals surface area contributed by atoms with Gasteiger partial charge in [0.2, 0.25) is 0 Å². The van der Waals surface area contributed by atoms with E-state index in [0.29, 0.717) is 39.8 Å². The van der Waals surface area contributed by atoms with E-state index in [0.717, 1.165) is 16.5 Å². The summed E-state index contributed by atoms with van der Waals surface area (Å²) in [5.41, 5.74) is 3.52. The minimum atomic E-state index is -0.436. The Hall–Kier alpha value is -3.84. The SMILES string of the molecule is Cc1ccc(COc2ccc3c(CSc4nc5ccccc5c(=O)[nH]4)cc(=O)oc3c2)cc1. The molecular weight excluding hydrogens is 436 g/mol. The summed E-state index contributed by atoms with van der Waals surface area (Å²) in [7, 11) is 0. The number of aryl methyl sites for hydroxylation is 1. The van der Waals surface area contributed by atoms with Gasteiger partial charge in [0, 0.05) is 23.3 Å². The van der Waals surface area contributed by atoms with Crippen molar-refractivity contribution in [3.63, 3.8) is 0 Å². The minimum absolute atomic E-state index is 0.184. The Morgan fingerprint density at radius 3 is 2.64 bits per heavy atom. The smallest absolute Gasteiger partial charge is 0.336 e. The van der Waals surface area contributed by atoms with Crippen LogP contribution in [0.5, 0.6) is 5.75 Å². The summed E-state index contributed by atoms with van der Waals surface area (Å²) in [6, 6.07) is 22.3. The van der Waals surface area contributed by atoms with E-state index in [-0.39, 0.29) is 5.56 Å². The van der Waals surface area contributed by atoms with Crippen LogP contribution in [0.15, 0.2) is 92.0 Å². The average molecular weight is 457 g/mol.